The molecule has 6 heteroatoms. The van der Waals surface area contributed by atoms with E-state index in [1.54, 1.807) is 12.3 Å². The van der Waals surface area contributed by atoms with Crippen LogP contribution in [0.1, 0.15) is 17.9 Å². The van der Waals surface area contributed by atoms with Gasteiger partial charge in [0, 0.05) is 17.7 Å². The minimum atomic E-state index is -0.318. The molecule has 2 N–H and O–H groups in total. The molecule has 21 heavy (non-hydrogen) atoms. The average Bonchev–Trinajstić information content (AvgIpc) is 2.90. The molecule has 0 bridgehead atoms. The summed E-state index contributed by atoms with van der Waals surface area (Å²) in [5.74, 6) is 1.13. The zero-order valence-corrected chi connectivity index (χ0v) is 11.6. The predicted molar refractivity (Wildman–Crippen MR) is 76.9 cm³/mol. The van der Waals surface area contributed by atoms with Crippen molar-refractivity contribution in [1.29, 1.82) is 0 Å². The van der Waals surface area contributed by atoms with Gasteiger partial charge < -0.3 is 15.2 Å². The third kappa shape index (κ3) is 3.16. The quantitative estimate of drug-likeness (QED) is 0.864. The Morgan fingerprint density at radius 1 is 1.43 bits per heavy atom. The van der Waals surface area contributed by atoms with E-state index >= 15 is 0 Å². The summed E-state index contributed by atoms with van der Waals surface area (Å²) in [6, 6.07) is 9.50. The molecule has 1 aromatic heterocycles. The number of rotatable bonds is 4. The van der Waals surface area contributed by atoms with Gasteiger partial charge in [-0.3, -0.25) is 9.48 Å². The van der Waals surface area contributed by atoms with E-state index < -0.39 is 0 Å². The fourth-order valence-electron chi connectivity index (χ4n) is 2.43. The summed E-state index contributed by atoms with van der Waals surface area (Å²) in [6.07, 6.45) is 2.50. The number of carbonyl (C=O) groups is 1. The number of anilines is 1. The smallest absolute Gasteiger partial charge is 0.327 e. The lowest BCUT2D eigenvalue weighted by Crippen LogP contribution is -2.22. The molecular weight excluding hydrogens is 270 g/mol. The van der Waals surface area contributed by atoms with E-state index in [4.69, 9.17) is 15.2 Å². The van der Waals surface area contributed by atoms with Crippen LogP contribution in [0.25, 0.3) is 0 Å². The normalized spacial score (nSPS) is 16.9. The van der Waals surface area contributed by atoms with Crippen LogP contribution in [0.5, 0.6) is 5.75 Å². The third-order valence-electron chi connectivity index (χ3n) is 3.48. The van der Waals surface area contributed by atoms with Gasteiger partial charge in [0.1, 0.15) is 18.1 Å². The SMILES string of the molecule is Nc1ccn(CC(=O)OCC2CCOc3ccccc32)n1. The topological polar surface area (TPSA) is 79.4 Å². The number of nitrogens with zero attached hydrogens (tertiary/aromatic N) is 2. The van der Waals surface area contributed by atoms with Gasteiger partial charge in [-0.2, -0.15) is 5.10 Å². The van der Waals surface area contributed by atoms with Gasteiger partial charge in [0.15, 0.2) is 0 Å². The fraction of sp³-hybridized carbons (Fsp3) is 0.333. The molecule has 0 aliphatic carbocycles. The minimum absolute atomic E-state index is 0.0715. The third-order valence-corrected chi connectivity index (χ3v) is 3.48. The van der Waals surface area contributed by atoms with E-state index in [0.29, 0.717) is 19.0 Å². The first-order valence-electron chi connectivity index (χ1n) is 6.88. The van der Waals surface area contributed by atoms with E-state index in [1.807, 2.05) is 24.3 Å². The largest absolute Gasteiger partial charge is 0.493 e. The van der Waals surface area contributed by atoms with Crippen molar-refractivity contribution in [2.45, 2.75) is 18.9 Å². The van der Waals surface area contributed by atoms with Crippen molar-refractivity contribution in [2.75, 3.05) is 18.9 Å². The first-order valence-corrected chi connectivity index (χ1v) is 6.88. The molecule has 1 aliphatic rings. The Hall–Kier alpha value is -2.50. The van der Waals surface area contributed by atoms with Gasteiger partial charge in [0.05, 0.1) is 13.2 Å². The van der Waals surface area contributed by atoms with Gasteiger partial charge in [-0.25, -0.2) is 0 Å². The molecule has 2 aromatic rings. The van der Waals surface area contributed by atoms with Crippen molar-refractivity contribution in [3.8, 4) is 5.75 Å². The summed E-state index contributed by atoms with van der Waals surface area (Å²) < 4.78 is 12.4. The molecule has 0 saturated carbocycles. The van der Waals surface area contributed by atoms with Gasteiger partial charge in [-0.1, -0.05) is 18.2 Å². The summed E-state index contributed by atoms with van der Waals surface area (Å²) in [7, 11) is 0. The molecule has 3 rings (SSSR count). The molecule has 6 nitrogen and oxygen atoms in total. The Bertz CT molecular complexity index is 639. The Morgan fingerprint density at radius 3 is 3.10 bits per heavy atom. The van der Waals surface area contributed by atoms with Crippen LogP contribution in [-0.4, -0.2) is 29.0 Å². The molecule has 1 aromatic carbocycles. The number of aromatic nitrogens is 2. The molecule has 0 saturated heterocycles. The molecule has 2 heterocycles. The van der Waals surface area contributed by atoms with Crippen LogP contribution in [-0.2, 0) is 16.1 Å². The maximum absolute atomic E-state index is 11.8. The number of ether oxygens (including phenoxy) is 2. The number of para-hydroxylation sites is 1. The van der Waals surface area contributed by atoms with E-state index in [2.05, 4.69) is 5.10 Å². The number of hydrogen-bond acceptors (Lipinski definition) is 5. The zero-order valence-electron chi connectivity index (χ0n) is 11.6. The molecule has 0 fully saturated rings. The van der Waals surface area contributed by atoms with Gasteiger partial charge in [0.2, 0.25) is 0 Å². The standard InChI is InChI=1S/C15H17N3O3/c16-14-5-7-18(17-14)9-15(19)21-10-11-6-8-20-13-4-2-1-3-12(11)13/h1-5,7,11H,6,8-10H2,(H2,16,17). The number of nitrogen functional groups attached to an aromatic ring is 1. The molecule has 110 valence electrons. The lowest BCUT2D eigenvalue weighted by Gasteiger charge is -2.25. The lowest BCUT2D eigenvalue weighted by molar-refractivity contribution is -0.145. The summed E-state index contributed by atoms with van der Waals surface area (Å²) >= 11 is 0. The fourth-order valence-corrected chi connectivity index (χ4v) is 2.43. The number of carbonyl (C=O) groups excluding carboxylic acids is 1. The van der Waals surface area contributed by atoms with E-state index in [0.717, 1.165) is 17.7 Å². The van der Waals surface area contributed by atoms with Crippen LogP contribution in [0.15, 0.2) is 36.5 Å². The van der Waals surface area contributed by atoms with E-state index in [9.17, 15) is 4.79 Å². The second kappa shape index (κ2) is 5.87. The maximum atomic E-state index is 11.8. The number of benzene rings is 1. The number of nitrogens with two attached hydrogens (primary N) is 1. The van der Waals surface area contributed by atoms with Crippen molar-refractivity contribution < 1.29 is 14.3 Å². The summed E-state index contributed by atoms with van der Waals surface area (Å²) in [5, 5.41) is 3.95. The van der Waals surface area contributed by atoms with Crippen LogP contribution in [0, 0.1) is 0 Å². The second-order valence-corrected chi connectivity index (χ2v) is 4.99. The summed E-state index contributed by atoms with van der Waals surface area (Å²) in [4.78, 5) is 11.8. The van der Waals surface area contributed by atoms with Crippen molar-refractivity contribution >= 4 is 11.8 Å². The minimum Gasteiger partial charge on any atom is -0.493 e. The van der Waals surface area contributed by atoms with Crippen LogP contribution in [0.3, 0.4) is 0 Å². The van der Waals surface area contributed by atoms with Crippen molar-refractivity contribution in [2.24, 2.45) is 0 Å². The molecule has 1 atom stereocenters. The first-order chi connectivity index (χ1) is 10.2. The molecular formula is C15H17N3O3. The Kier molecular flexibility index (Phi) is 3.77. The zero-order chi connectivity index (χ0) is 14.7. The Morgan fingerprint density at radius 2 is 2.29 bits per heavy atom. The molecule has 1 unspecified atom stereocenters. The highest BCUT2D eigenvalue weighted by molar-refractivity contribution is 5.69. The average molecular weight is 287 g/mol. The maximum Gasteiger partial charge on any atom is 0.327 e. The monoisotopic (exact) mass is 287 g/mol. The predicted octanol–water partition coefficient (Wildman–Crippen LogP) is 1.57. The second-order valence-electron chi connectivity index (χ2n) is 4.99. The van der Waals surface area contributed by atoms with Crippen molar-refractivity contribution in [3.05, 3.63) is 42.1 Å². The van der Waals surface area contributed by atoms with Gasteiger partial charge in [0.25, 0.3) is 0 Å². The van der Waals surface area contributed by atoms with E-state index in [1.165, 1.54) is 4.68 Å². The number of fused-ring (bicyclic) bond motifs is 1. The van der Waals surface area contributed by atoms with Crippen LogP contribution in [0.2, 0.25) is 0 Å². The van der Waals surface area contributed by atoms with Crippen LogP contribution in [0.4, 0.5) is 5.82 Å². The highest BCUT2D eigenvalue weighted by Gasteiger charge is 2.22. The van der Waals surface area contributed by atoms with Gasteiger partial charge in [-0.05, 0) is 18.6 Å². The lowest BCUT2D eigenvalue weighted by atomic mass is 9.94. The number of hydrogen-bond donors (Lipinski definition) is 1. The van der Waals surface area contributed by atoms with Gasteiger partial charge >= 0.3 is 5.97 Å². The molecule has 0 amide bonds. The Labute approximate surface area is 122 Å². The highest BCUT2D eigenvalue weighted by Crippen LogP contribution is 2.33. The molecule has 0 radical (unpaired) electrons. The summed E-state index contributed by atoms with van der Waals surface area (Å²) in [6.45, 7) is 1.08. The highest BCUT2D eigenvalue weighted by atomic mass is 16.5. The van der Waals surface area contributed by atoms with Gasteiger partial charge in [-0.15, -0.1) is 0 Å². The molecule has 1 aliphatic heterocycles. The number of esters is 1. The van der Waals surface area contributed by atoms with Crippen molar-refractivity contribution in [1.82, 2.24) is 9.78 Å². The summed E-state index contributed by atoms with van der Waals surface area (Å²) in [5.41, 5.74) is 6.60. The first kappa shape index (κ1) is 13.5. The molecule has 0 spiro atoms. The van der Waals surface area contributed by atoms with Crippen LogP contribution < -0.4 is 10.5 Å². The van der Waals surface area contributed by atoms with Crippen LogP contribution >= 0.6 is 0 Å². The van der Waals surface area contributed by atoms with Crippen molar-refractivity contribution in [3.63, 3.8) is 0 Å². The van der Waals surface area contributed by atoms with E-state index in [-0.39, 0.29) is 18.4 Å². The Balaban J connectivity index is 1.57.